The molecule has 2 aromatic heterocycles. The van der Waals surface area contributed by atoms with Gasteiger partial charge in [0.05, 0.1) is 6.54 Å². The van der Waals surface area contributed by atoms with Gasteiger partial charge in [0, 0.05) is 18.2 Å². The third-order valence-electron chi connectivity index (χ3n) is 3.82. The maximum atomic E-state index is 12.6. The predicted octanol–water partition coefficient (Wildman–Crippen LogP) is 3.00. The standard InChI is InChI=1S/C17H18N4O3/c1-4-21(10-15-12(3)18-24-20-15)17(22)14-9-16(23-19-14)13-7-5-11(2)6-8-13/h5-9H,4,10H2,1-3H3. The first-order valence-electron chi connectivity index (χ1n) is 7.69. The Bertz CT molecular complexity index is 836. The number of amides is 1. The molecule has 3 aromatic rings. The number of hydrogen-bond acceptors (Lipinski definition) is 6. The molecule has 0 saturated carbocycles. The second kappa shape index (κ2) is 6.66. The summed E-state index contributed by atoms with van der Waals surface area (Å²) < 4.78 is 10.00. The van der Waals surface area contributed by atoms with Gasteiger partial charge in [0.25, 0.3) is 5.91 Å². The zero-order valence-corrected chi connectivity index (χ0v) is 13.8. The quantitative estimate of drug-likeness (QED) is 0.716. The maximum absolute atomic E-state index is 12.6. The van der Waals surface area contributed by atoms with Gasteiger partial charge in [-0.2, -0.15) is 0 Å². The molecule has 124 valence electrons. The Morgan fingerprint density at radius 2 is 1.88 bits per heavy atom. The van der Waals surface area contributed by atoms with E-state index in [1.54, 1.807) is 17.9 Å². The van der Waals surface area contributed by atoms with Gasteiger partial charge in [0.15, 0.2) is 11.5 Å². The van der Waals surface area contributed by atoms with Gasteiger partial charge in [-0.05, 0) is 20.8 Å². The normalized spacial score (nSPS) is 10.8. The van der Waals surface area contributed by atoms with Crippen molar-refractivity contribution < 1.29 is 13.9 Å². The van der Waals surface area contributed by atoms with Gasteiger partial charge in [-0.3, -0.25) is 4.79 Å². The van der Waals surface area contributed by atoms with Crippen LogP contribution < -0.4 is 0 Å². The first-order valence-corrected chi connectivity index (χ1v) is 7.69. The average molecular weight is 326 g/mol. The highest BCUT2D eigenvalue weighted by molar-refractivity contribution is 5.93. The van der Waals surface area contributed by atoms with Crippen molar-refractivity contribution in [3.8, 4) is 11.3 Å². The van der Waals surface area contributed by atoms with Crippen LogP contribution in [-0.2, 0) is 6.54 Å². The molecule has 7 heteroatoms. The van der Waals surface area contributed by atoms with Crippen LogP contribution in [0, 0.1) is 13.8 Å². The lowest BCUT2D eigenvalue weighted by atomic mass is 10.1. The summed E-state index contributed by atoms with van der Waals surface area (Å²) in [6.45, 7) is 6.52. The Balaban J connectivity index is 1.79. The molecule has 0 aliphatic heterocycles. The highest BCUT2D eigenvalue weighted by Gasteiger charge is 2.21. The molecule has 0 fully saturated rings. The van der Waals surface area contributed by atoms with E-state index in [0.29, 0.717) is 30.2 Å². The predicted molar refractivity (Wildman–Crippen MR) is 86.1 cm³/mol. The zero-order chi connectivity index (χ0) is 17.1. The molecule has 7 nitrogen and oxygen atoms in total. The van der Waals surface area contributed by atoms with Crippen LogP contribution in [0.15, 0.2) is 39.5 Å². The number of rotatable bonds is 5. The Morgan fingerprint density at radius 1 is 1.12 bits per heavy atom. The molecule has 0 N–H and O–H groups in total. The van der Waals surface area contributed by atoms with E-state index >= 15 is 0 Å². The number of aryl methyl sites for hydroxylation is 2. The zero-order valence-electron chi connectivity index (χ0n) is 13.8. The van der Waals surface area contributed by atoms with E-state index in [1.807, 2.05) is 38.1 Å². The summed E-state index contributed by atoms with van der Waals surface area (Å²) in [4.78, 5) is 14.3. The van der Waals surface area contributed by atoms with E-state index in [4.69, 9.17) is 4.52 Å². The molecule has 2 heterocycles. The van der Waals surface area contributed by atoms with Crippen LogP contribution in [0.1, 0.15) is 34.4 Å². The van der Waals surface area contributed by atoms with Gasteiger partial charge in [-0.25, -0.2) is 4.63 Å². The molecule has 0 saturated heterocycles. The molecule has 0 radical (unpaired) electrons. The molecular weight excluding hydrogens is 308 g/mol. The van der Waals surface area contributed by atoms with Crippen LogP contribution in [-0.4, -0.2) is 32.8 Å². The van der Waals surface area contributed by atoms with Crippen molar-refractivity contribution >= 4 is 5.91 Å². The van der Waals surface area contributed by atoms with Crippen molar-refractivity contribution in [2.24, 2.45) is 0 Å². The Hall–Kier alpha value is -2.96. The second-order valence-corrected chi connectivity index (χ2v) is 5.56. The average Bonchev–Trinajstić information content (AvgIpc) is 3.22. The third-order valence-corrected chi connectivity index (χ3v) is 3.82. The lowest BCUT2D eigenvalue weighted by molar-refractivity contribution is 0.0738. The van der Waals surface area contributed by atoms with Crippen LogP contribution in [0.25, 0.3) is 11.3 Å². The Kier molecular flexibility index (Phi) is 4.41. The third kappa shape index (κ3) is 3.19. The number of carbonyl (C=O) groups excluding carboxylic acids is 1. The molecule has 1 aromatic carbocycles. The van der Waals surface area contributed by atoms with Gasteiger partial charge in [0.1, 0.15) is 11.4 Å². The fourth-order valence-corrected chi connectivity index (χ4v) is 2.29. The van der Waals surface area contributed by atoms with Crippen molar-refractivity contribution in [1.29, 1.82) is 0 Å². The molecule has 3 rings (SSSR count). The van der Waals surface area contributed by atoms with Crippen molar-refractivity contribution in [2.75, 3.05) is 6.54 Å². The summed E-state index contributed by atoms with van der Waals surface area (Å²) in [6, 6.07) is 9.50. The SMILES string of the molecule is CCN(Cc1nonc1C)C(=O)c1cc(-c2ccc(C)cc2)on1. The first kappa shape index (κ1) is 15.9. The summed E-state index contributed by atoms with van der Waals surface area (Å²) in [5.74, 6) is 0.343. The molecule has 0 aliphatic rings. The van der Waals surface area contributed by atoms with Crippen LogP contribution in [0.5, 0.6) is 0 Å². The van der Waals surface area contributed by atoms with Crippen LogP contribution in [0.3, 0.4) is 0 Å². The van der Waals surface area contributed by atoms with Crippen molar-refractivity contribution in [3.63, 3.8) is 0 Å². The van der Waals surface area contributed by atoms with Gasteiger partial charge in [0.2, 0.25) is 0 Å². The van der Waals surface area contributed by atoms with E-state index in [-0.39, 0.29) is 11.6 Å². The molecule has 24 heavy (non-hydrogen) atoms. The van der Waals surface area contributed by atoms with E-state index < -0.39 is 0 Å². The van der Waals surface area contributed by atoms with E-state index in [0.717, 1.165) is 11.1 Å². The largest absolute Gasteiger partial charge is 0.355 e. The highest BCUT2D eigenvalue weighted by Crippen LogP contribution is 2.21. The minimum absolute atomic E-state index is 0.220. The molecule has 0 aliphatic carbocycles. The first-order chi connectivity index (χ1) is 11.6. The van der Waals surface area contributed by atoms with E-state index in [2.05, 4.69) is 20.1 Å². The topological polar surface area (TPSA) is 85.3 Å². The second-order valence-electron chi connectivity index (χ2n) is 5.56. The molecule has 0 unspecified atom stereocenters. The minimum Gasteiger partial charge on any atom is -0.355 e. The van der Waals surface area contributed by atoms with Gasteiger partial charge >= 0.3 is 0 Å². The lowest BCUT2D eigenvalue weighted by Gasteiger charge is -2.17. The lowest BCUT2D eigenvalue weighted by Crippen LogP contribution is -2.30. The molecule has 1 amide bonds. The maximum Gasteiger partial charge on any atom is 0.276 e. The smallest absolute Gasteiger partial charge is 0.276 e. The number of carbonyl (C=O) groups is 1. The van der Waals surface area contributed by atoms with Crippen molar-refractivity contribution in [2.45, 2.75) is 27.3 Å². The van der Waals surface area contributed by atoms with Crippen LogP contribution in [0.2, 0.25) is 0 Å². The number of nitrogens with zero attached hydrogens (tertiary/aromatic N) is 4. The fourth-order valence-electron chi connectivity index (χ4n) is 2.29. The van der Waals surface area contributed by atoms with Gasteiger partial charge < -0.3 is 9.42 Å². The molecular formula is C17H18N4O3. The summed E-state index contributed by atoms with van der Waals surface area (Å²) in [6.07, 6.45) is 0. The van der Waals surface area contributed by atoms with Gasteiger partial charge in [-0.15, -0.1) is 0 Å². The van der Waals surface area contributed by atoms with Crippen LogP contribution >= 0.6 is 0 Å². The number of hydrogen-bond donors (Lipinski definition) is 0. The molecule has 0 bridgehead atoms. The summed E-state index contributed by atoms with van der Waals surface area (Å²) in [5, 5.41) is 11.5. The summed E-state index contributed by atoms with van der Waals surface area (Å²) >= 11 is 0. The molecule has 0 spiro atoms. The summed E-state index contributed by atoms with van der Waals surface area (Å²) in [5.41, 5.74) is 3.60. The fraction of sp³-hybridized carbons (Fsp3) is 0.294. The van der Waals surface area contributed by atoms with Gasteiger partial charge in [-0.1, -0.05) is 45.3 Å². The van der Waals surface area contributed by atoms with E-state index in [9.17, 15) is 4.79 Å². The summed E-state index contributed by atoms with van der Waals surface area (Å²) in [7, 11) is 0. The number of benzene rings is 1. The van der Waals surface area contributed by atoms with Crippen molar-refractivity contribution in [3.05, 3.63) is 53.0 Å². The highest BCUT2D eigenvalue weighted by atomic mass is 16.6. The van der Waals surface area contributed by atoms with E-state index in [1.165, 1.54) is 0 Å². The van der Waals surface area contributed by atoms with Crippen molar-refractivity contribution in [1.82, 2.24) is 20.4 Å². The van der Waals surface area contributed by atoms with Crippen LogP contribution in [0.4, 0.5) is 0 Å². The number of aromatic nitrogens is 3. The Labute approximate surface area is 139 Å². The monoisotopic (exact) mass is 326 g/mol. The minimum atomic E-state index is -0.220. The molecule has 0 atom stereocenters. The Morgan fingerprint density at radius 3 is 2.50 bits per heavy atom.